The summed E-state index contributed by atoms with van der Waals surface area (Å²) in [6.45, 7) is 0.681. The number of aromatic amines is 1. The van der Waals surface area contributed by atoms with Gasteiger partial charge in [0.25, 0.3) is 0 Å². The third-order valence-electron chi connectivity index (χ3n) is 4.62. The number of nitrogens with zero attached hydrogens (tertiary/aromatic N) is 2. The third-order valence-corrected chi connectivity index (χ3v) is 5.05. The van der Waals surface area contributed by atoms with Crippen LogP contribution in [0.25, 0.3) is 33.4 Å². The van der Waals surface area contributed by atoms with Crippen LogP contribution in [-0.4, -0.2) is 27.8 Å². The van der Waals surface area contributed by atoms with E-state index in [4.69, 9.17) is 4.98 Å². The molecule has 0 radical (unpaired) electrons. The van der Waals surface area contributed by atoms with Gasteiger partial charge in [0.1, 0.15) is 17.3 Å². The lowest BCUT2D eigenvalue weighted by Crippen LogP contribution is -2.00. The van der Waals surface area contributed by atoms with E-state index in [9.17, 15) is 4.39 Å². The van der Waals surface area contributed by atoms with Gasteiger partial charge in [-0.3, -0.25) is 4.98 Å². The van der Waals surface area contributed by atoms with E-state index < -0.39 is 0 Å². The Hall–Kier alpha value is -3.38. The van der Waals surface area contributed by atoms with Gasteiger partial charge in [-0.05, 0) is 71.3 Å². The molecule has 4 aromatic rings. The Bertz CT molecular complexity index is 1180. The standard InChI is InChI=1S/C24H21FN4S/c1-30-16-4-2-3-13-27-21-10-9-20-22(17-11-14-26-15-12-17)23(29-24(20)28-21)18-5-7-19(25)8-6-18/h2-12,14-16H,13H2,1H3,(H2,27,28,29)/b3-2+,16-4-. The number of halogens is 1. The Labute approximate surface area is 179 Å². The van der Waals surface area contributed by atoms with Gasteiger partial charge in [-0.2, -0.15) is 0 Å². The maximum absolute atomic E-state index is 13.4. The smallest absolute Gasteiger partial charge is 0.140 e. The van der Waals surface area contributed by atoms with Gasteiger partial charge in [0.15, 0.2) is 0 Å². The molecule has 3 aromatic heterocycles. The highest BCUT2D eigenvalue weighted by atomic mass is 32.2. The molecule has 1 aromatic carbocycles. The van der Waals surface area contributed by atoms with Crippen molar-refractivity contribution in [3.05, 3.63) is 90.4 Å². The van der Waals surface area contributed by atoms with E-state index in [-0.39, 0.29) is 5.82 Å². The molecular weight excluding hydrogens is 395 g/mol. The SMILES string of the molecule is CS/C=C\C=C\CNc1ccc2c(-c3ccncc3)c(-c3ccc(F)cc3)[nH]c2n1. The lowest BCUT2D eigenvalue weighted by molar-refractivity contribution is 0.628. The predicted octanol–water partition coefficient (Wildman–Crippen LogP) is 6.28. The first-order valence-electron chi connectivity index (χ1n) is 9.53. The minimum atomic E-state index is -0.259. The molecular formula is C24H21FN4S. The molecule has 6 heteroatoms. The number of benzene rings is 1. The van der Waals surface area contributed by atoms with Gasteiger partial charge in [0.05, 0.1) is 5.69 Å². The van der Waals surface area contributed by atoms with Crippen molar-refractivity contribution in [1.82, 2.24) is 15.0 Å². The zero-order valence-corrected chi connectivity index (χ0v) is 17.3. The molecule has 0 saturated carbocycles. The lowest BCUT2D eigenvalue weighted by atomic mass is 10.00. The summed E-state index contributed by atoms with van der Waals surface area (Å²) in [6, 6.07) is 14.4. The molecule has 0 spiro atoms. The van der Waals surface area contributed by atoms with Crippen LogP contribution in [0.15, 0.2) is 84.6 Å². The summed E-state index contributed by atoms with van der Waals surface area (Å²) in [4.78, 5) is 12.3. The van der Waals surface area contributed by atoms with E-state index in [1.807, 2.05) is 48.1 Å². The Balaban J connectivity index is 1.72. The van der Waals surface area contributed by atoms with Gasteiger partial charge in [-0.1, -0.05) is 18.2 Å². The fourth-order valence-corrected chi connectivity index (χ4v) is 3.50. The molecule has 2 N–H and O–H groups in total. The number of fused-ring (bicyclic) bond motifs is 1. The van der Waals surface area contributed by atoms with Crippen LogP contribution in [0.3, 0.4) is 0 Å². The summed E-state index contributed by atoms with van der Waals surface area (Å²) >= 11 is 1.66. The van der Waals surface area contributed by atoms with Crippen LogP contribution >= 0.6 is 11.8 Å². The van der Waals surface area contributed by atoms with Crippen LogP contribution in [0.1, 0.15) is 0 Å². The highest BCUT2D eigenvalue weighted by molar-refractivity contribution is 8.01. The van der Waals surface area contributed by atoms with Gasteiger partial charge < -0.3 is 10.3 Å². The summed E-state index contributed by atoms with van der Waals surface area (Å²) in [7, 11) is 0. The fraction of sp³-hybridized carbons (Fsp3) is 0.0833. The number of rotatable bonds is 7. The van der Waals surface area contributed by atoms with Crippen molar-refractivity contribution in [2.24, 2.45) is 0 Å². The molecule has 0 aliphatic heterocycles. The van der Waals surface area contributed by atoms with E-state index in [0.717, 1.165) is 39.2 Å². The molecule has 0 fully saturated rings. The zero-order chi connectivity index (χ0) is 20.8. The Morgan fingerprint density at radius 1 is 1.00 bits per heavy atom. The van der Waals surface area contributed by atoms with Gasteiger partial charge in [-0.25, -0.2) is 9.37 Å². The molecule has 0 atom stereocenters. The second-order valence-electron chi connectivity index (χ2n) is 6.58. The average molecular weight is 417 g/mol. The minimum absolute atomic E-state index is 0.259. The van der Waals surface area contributed by atoms with Gasteiger partial charge >= 0.3 is 0 Å². The second kappa shape index (κ2) is 9.41. The largest absolute Gasteiger partial charge is 0.367 e. The van der Waals surface area contributed by atoms with E-state index in [0.29, 0.717) is 6.54 Å². The molecule has 4 rings (SSSR count). The van der Waals surface area contributed by atoms with E-state index in [2.05, 4.69) is 21.4 Å². The normalized spacial score (nSPS) is 11.7. The molecule has 0 aliphatic rings. The van der Waals surface area contributed by atoms with Crippen molar-refractivity contribution in [3.8, 4) is 22.4 Å². The van der Waals surface area contributed by atoms with Crippen LogP contribution in [0.2, 0.25) is 0 Å². The molecule has 0 bridgehead atoms. The van der Waals surface area contributed by atoms with Crippen molar-refractivity contribution in [2.75, 3.05) is 18.1 Å². The van der Waals surface area contributed by atoms with E-state index in [1.54, 1.807) is 36.3 Å². The molecule has 0 aliphatic carbocycles. The highest BCUT2D eigenvalue weighted by Crippen LogP contribution is 2.38. The first-order valence-corrected chi connectivity index (χ1v) is 10.8. The van der Waals surface area contributed by atoms with Crippen molar-refractivity contribution in [2.45, 2.75) is 0 Å². The molecule has 0 unspecified atom stereocenters. The summed E-state index contributed by atoms with van der Waals surface area (Å²) in [5.74, 6) is 0.527. The number of hydrogen-bond acceptors (Lipinski definition) is 4. The highest BCUT2D eigenvalue weighted by Gasteiger charge is 2.16. The second-order valence-corrected chi connectivity index (χ2v) is 7.33. The van der Waals surface area contributed by atoms with Crippen LogP contribution in [0, 0.1) is 5.82 Å². The van der Waals surface area contributed by atoms with Crippen molar-refractivity contribution < 1.29 is 4.39 Å². The number of H-pyrrole nitrogens is 1. The predicted molar refractivity (Wildman–Crippen MR) is 125 cm³/mol. The molecule has 4 nitrogen and oxygen atoms in total. The van der Waals surface area contributed by atoms with Crippen LogP contribution in [-0.2, 0) is 0 Å². The third kappa shape index (κ3) is 4.44. The first-order chi connectivity index (χ1) is 14.8. The van der Waals surface area contributed by atoms with E-state index >= 15 is 0 Å². The molecule has 150 valence electrons. The topological polar surface area (TPSA) is 53.6 Å². The van der Waals surface area contributed by atoms with Crippen molar-refractivity contribution in [1.29, 1.82) is 0 Å². The van der Waals surface area contributed by atoms with Gasteiger partial charge in [-0.15, -0.1) is 11.8 Å². The number of nitrogens with one attached hydrogen (secondary N) is 2. The maximum Gasteiger partial charge on any atom is 0.140 e. The van der Waals surface area contributed by atoms with Crippen LogP contribution in [0.5, 0.6) is 0 Å². The van der Waals surface area contributed by atoms with Crippen molar-refractivity contribution >= 4 is 28.6 Å². The quantitative estimate of drug-likeness (QED) is 0.348. The number of pyridine rings is 2. The van der Waals surface area contributed by atoms with Gasteiger partial charge in [0, 0.05) is 29.9 Å². The Morgan fingerprint density at radius 3 is 2.57 bits per heavy atom. The molecule has 0 saturated heterocycles. The summed E-state index contributed by atoms with van der Waals surface area (Å²) < 4.78 is 13.4. The number of hydrogen-bond donors (Lipinski definition) is 2. The zero-order valence-electron chi connectivity index (χ0n) is 16.5. The molecule has 30 heavy (non-hydrogen) atoms. The van der Waals surface area contributed by atoms with Crippen LogP contribution < -0.4 is 5.32 Å². The number of anilines is 1. The van der Waals surface area contributed by atoms with Gasteiger partial charge in [0.2, 0.25) is 0 Å². The Kier molecular flexibility index (Phi) is 6.25. The van der Waals surface area contributed by atoms with E-state index in [1.165, 1.54) is 12.1 Å². The maximum atomic E-state index is 13.4. The first kappa shape index (κ1) is 19.9. The minimum Gasteiger partial charge on any atom is -0.367 e. The monoisotopic (exact) mass is 416 g/mol. The Morgan fingerprint density at radius 2 is 1.80 bits per heavy atom. The molecule has 0 amide bonds. The number of allylic oxidation sites excluding steroid dienone is 2. The fourth-order valence-electron chi connectivity index (χ4n) is 3.26. The summed E-state index contributed by atoms with van der Waals surface area (Å²) in [6.07, 6.45) is 11.6. The van der Waals surface area contributed by atoms with Crippen molar-refractivity contribution in [3.63, 3.8) is 0 Å². The summed E-state index contributed by atoms with van der Waals surface area (Å²) in [5.41, 5.74) is 4.64. The number of thioether (sulfide) groups is 1. The molecule has 3 heterocycles. The van der Waals surface area contributed by atoms with Crippen LogP contribution in [0.4, 0.5) is 10.2 Å². The number of aromatic nitrogens is 3. The average Bonchev–Trinajstić information content (AvgIpc) is 3.16. The lowest BCUT2D eigenvalue weighted by Gasteiger charge is -2.06. The summed E-state index contributed by atoms with van der Waals surface area (Å²) in [5, 5.41) is 6.34.